The SMILES string of the molecule is Cc1cc(C(=O)Nc2ccc(Br)cc2C)c2nc3n(c2n1)CCCCC3. The normalized spacial score (nSPS) is 14.1. The van der Waals surface area contributed by atoms with E-state index >= 15 is 0 Å². The quantitative estimate of drug-likeness (QED) is 0.657. The maximum atomic E-state index is 13.0. The van der Waals surface area contributed by atoms with Crippen LogP contribution in [-0.2, 0) is 13.0 Å². The highest BCUT2D eigenvalue weighted by Crippen LogP contribution is 2.26. The van der Waals surface area contributed by atoms with Gasteiger partial charge in [0.15, 0.2) is 5.65 Å². The van der Waals surface area contributed by atoms with E-state index in [4.69, 9.17) is 4.98 Å². The van der Waals surface area contributed by atoms with Crippen molar-refractivity contribution in [3.63, 3.8) is 0 Å². The van der Waals surface area contributed by atoms with Crippen LogP contribution in [0.25, 0.3) is 11.2 Å². The Morgan fingerprint density at radius 2 is 2.00 bits per heavy atom. The molecule has 1 N–H and O–H groups in total. The minimum absolute atomic E-state index is 0.140. The number of carbonyl (C=O) groups is 1. The highest BCUT2D eigenvalue weighted by atomic mass is 79.9. The predicted octanol–water partition coefficient (Wildman–Crippen LogP) is 4.79. The average Bonchev–Trinajstić information content (AvgIpc) is 2.78. The molecule has 0 radical (unpaired) electrons. The van der Waals surface area contributed by atoms with Crippen LogP contribution in [0, 0.1) is 13.8 Å². The number of halogens is 1. The zero-order valence-electron chi connectivity index (χ0n) is 15.0. The van der Waals surface area contributed by atoms with Gasteiger partial charge in [-0.1, -0.05) is 22.4 Å². The van der Waals surface area contributed by atoms with Crippen molar-refractivity contribution < 1.29 is 4.79 Å². The first-order chi connectivity index (χ1) is 12.5. The van der Waals surface area contributed by atoms with Crippen LogP contribution >= 0.6 is 15.9 Å². The number of anilines is 1. The van der Waals surface area contributed by atoms with Gasteiger partial charge >= 0.3 is 0 Å². The fraction of sp³-hybridized carbons (Fsp3) is 0.350. The van der Waals surface area contributed by atoms with E-state index in [-0.39, 0.29) is 5.91 Å². The third-order valence-corrected chi connectivity index (χ3v) is 5.37. The van der Waals surface area contributed by atoms with Crippen LogP contribution in [0.5, 0.6) is 0 Å². The molecule has 134 valence electrons. The second-order valence-electron chi connectivity index (χ2n) is 6.89. The predicted molar refractivity (Wildman–Crippen MR) is 107 cm³/mol. The van der Waals surface area contributed by atoms with Gasteiger partial charge in [0.25, 0.3) is 5.91 Å². The van der Waals surface area contributed by atoms with Crippen LogP contribution in [0.15, 0.2) is 28.7 Å². The molecule has 0 saturated carbocycles. The van der Waals surface area contributed by atoms with Crippen LogP contribution in [0.2, 0.25) is 0 Å². The zero-order chi connectivity index (χ0) is 18.3. The summed E-state index contributed by atoms with van der Waals surface area (Å²) in [6.45, 7) is 4.83. The minimum Gasteiger partial charge on any atom is -0.322 e. The summed E-state index contributed by atoms with van der Waals surface area (Å²) in [6, 6.07) is 7.65. The van der Waals surface area contributed by atoms with Gasteiger partial charge in [0, 0.05) is 28.8 Å². The summed E-state index contributed by atoms with van der Waals surface area (Å²) in [5.74, 6) is 0.906. The Bertz CT molecular complexity index is 1010. The van der Waals surface area contributed by atoms with E-state index in [0.717, 1.165) is 58.7 Å². The summed E-state index contributed by atoms with van der Waals surface area (Å²) >= 11 is 3.45. The van der Waals surface area contributed by atoms with Crippen LogP contribution in [0.4, 0.5) is 5.69 Å². The number of carbonyl (C=O) groups excluding carboxylic acids is 1. The summed E-state index contributed by atoms with van der Waals surface area (Å²) in [5, 5.41) is 3.03. The molecule has 5 nitrogen and oxygen atoms in total. The average molecular weight is 413 g/mol. The Balaban J connectivity index is 1.77. The van der Waals surface area contributed by atoms with Crippen molar-refractivity contribution in [2.24, 2.45) is 0 Å². The fourth-order valence-electron chi connectivity index (χ4n) is 3.55. The zero-order valence-corrected chi connectivity index (χ0v) is 16.6. The molecule has 0 atom stereocenters. The van der Waals surface area contributed by atoms with Gasteiger partial charge in [0.1, 0.15) is 11.3 Å². The van der Waals surface area contributed by atoms with Crippen molar-refractivity contribution in [2.75, 3.05) is 5.32 Å². The minimum atomic E-state index is -0.140. The monoisotopic (exact) mass is 412 g/mol. The molecule has 1 aliphatic heterocycles. The lowest BCUT2D eigenvalue weighted by Crippen LogP contribution is -2.14. The Hall–Kier alpha value is -2.21. The largest absolute Gasteiger partial charge is 0.322 e. The Morgan fingerprint density at radius 3 is 2.81 bits per heavy atom. The van der Waals surface area contributed by atoms with Gasteiger partial charge in [-0.05, 0) is 56.5 Å². The van der Waals surface area contributed by atoms with Crippen molar-refractivity contribution in [1.29, 1.82) is 0 Å². The van der Waals surface area contributed by atoms with Crippen LogP contribution in [0.3, 0.4) is 0 Å². The van der Waals surface area contributed by atoms with Crippen LogP contribution < -0.4 is 5.32 Å². The fourth-order valence-corrected chi connectivity index (χ4v) is 4.02. The number of fused-ring (bicyclic) bond motifs is 3. The lowest BCUT2D eigenvalue weighted by atomic mass is 10.1. The number of pyridine rings is 1. The molecule has 0 aliphatic carbocycles. The number of rotatable bonds is 2. The van der Waals surface area contributed by atoms with Gasteiger partial charge < -0.3 is 9.88 Å². The van der Waals surface area contributed by atoms with Gasteiger partial charge in [-0.2, -0.15) is 0 Å². The molecule has 0 saturated heterocycles. The molecule has 3 aromatic rings. The van der Waals surface area contributed by atoms with Gasteiger partial charge in [0.2, 0.25) is 0 Å². The highest BCUT2D eigenvalue weighted by molar-refractivity contribution is 9.10. The topological polar surface area (TPSA) is 59.8 Å². The van der Waals surface area contributed by atoms with E-state index in [1.807, 2.05) is 38.1 Å². The number of hydrogen-bond acceptors (Lipinski definition) is 3. The number of nitrogens with zero attached hydrogens (tertiary/aromatic N) is 3. The third-order valence-electron chi connectivity index (χ3n) is 4.87. The maximum absolute atomic E-state index is 13.0. The molecular formula is C20H21BrN4O. The lowest BCUT2D eigenvalue weighted by Gasteiger charge is -2.10. The van der Waals surface area contributed by atoms with Crippen molar-refractivity contribution >= 4 is 38.7 Å². The molecule has 1 aromatic carbocycles. The van der Waals surface area contributed by atoms with Crippen LogP contribution in [-0.4, -0.2) is 20.4 Å². The Morgan fingerprint density at radius 1 is 1.15 bits per heavy atom. The molecule has 3 heterocycles. The molecule has 0 fully saturated rings. The number of benzene rings is 1. The Labute approximate surface area is 161 Å². The number of aryl methyl sites for hydroxylation is 4. The first kappa shape index (κ1) is 17.2. The molecule has 6 heteroatoms. The summed E-state index contributed by atoms with van der Waals surface area (Å²) in [7, 11) is 0. The van der Waals surface area contributed by atoms with Gasteiger partial charge in [0.05, 0.1) is 5.56 Å². The van der Waals surface area contributed by atoms with Gasteiger partial charge in [-0.25, -0.2) is 9.97 Å². The third kappa shape index (κ3) is 3.14. The molecule has 1 aliphatic rings. The molecule has 0 bridgehead atoms. The van der Waals surface area contributed by atoms with E-state index in [1.54, 1.807) is 0 Å². The van der Waals surface area contributed by atoms with E-state index < -0.39 is 0 Å². The molecular weight excluding hydrogens is 392 g/mol. The standard InChI is InChI=1S/C20H21BrN4O/c1-12-10-14(21)7-8-16(12)23-20(26)15-11-13(2)22-19-18(15)24-17-6-4-3-5-9-25(17)19/h7-8,10-11H,3-6,9H2,1-2H3,(H,23,26). The summed E-state index contributed by atoms with van der Waals surface area (Å²) in [5.41, 5.74) is 4.79. The Kier molecular flexibility index (Phi) is 4.53. The summed E-state index contributed by atoms with van der Waals surface area (Å²) in [6.07, 6.45) is 4.44. The second kappa shape index (κ2) is 6.83. The molecule has 2 aromatic heterocycles. The number of aromatic nitrogens is 3. The number of amides is 1. The smallest absolute Gasteiger partial charge is 0.258 e. The van der Waals surface area contributed by atoms with E-state index in [9.17, 15) is 4.79 Å². The summed E-state index contributed by atoms with van der Waals surface area (Å²) in [4.78, 5) is 22.5. The van der Waals surface area contributed by atoms with Crippen LogP contribution in [0.1, 0.15) is 46.7 Å². The van der Waals surface area contributed by atoms with Crippen molar-refractivity contribution in [2.45, 2.75) is 46.1 Å². The van der Waals surface area contributed by atoms with Crippen molar-refractivity contribution in [3.05, 3.63) is 51.4 Å². The van der Waals surface area contributed by atoms with E-state index in [1.165, 1.54) is 6.42 Å². The van der Waals surface area contributed by atoms with Gasteiger partial charge in [-0.3, -0.25) is 4.79 Å². The number of hydrogen-bond donors (Lipinski definition) is 1. The summed E-state index contributed by atoms with van der Waals surface area (Å²) < 4.78 is 3.18. The van der Waals surface area contributed by atoms with Crippen molar-refractivity contribution in [3.8, 4) is 0 Å². The van der Waals surface area contributed by atoms with Crippen molar-refractivity contribution in [1.82, 2.24) is 14.5 Å². The van der Waals surface area contributed by atoms with E-state index in [2.05, 4.69) is 30.8 Å². The second-order valence-corrected chi connectivity index (χ2v) is 7.80. The molecule has 4 rings (SSSR count). The first-order valence-electron chi connectivity index (χ1n) is 8.97. The lowest BCUT2D eigenvalue weighted by molar-refractivity contribution is 0.102. The number of nitrogens with one attached hydrogen (secondary N) is 1. The van der Waals surface area contributed by atoms with E-state index in [0.29, 0.717) is 11.1 Å². The maximum Gasteiger partial charge on any atom is 0.258 e. The molecule has 0 spiro atoms. The molecule has 26 heavy (non-hydrogen) atoms. The molecule has 0 unspecified atom stereocenters. The molecule has 1 amide bonds. The number of imidazole rings is 1. The first-order valence-corrected chi connectivity index (χ1v) is 9.76. The highest BCUT2D eigenvalue weighted by Gasteiger charge is 2.21. The van der Waals surface area contributed by atoms with Gasteiger partial charge in [-0.15, -0.1) is 0 Å².